The first-order chi connectivity index (χ1) is 18.7. The Labute approximate surface area is 234 Å². The van der Waals surface area contributed by atoms with E-state index in [1.165, 1.54) is 23.1 Å². The van der Waals surface area contributed by atoms with Gasteiger partial charge < -0.3 is 11.1 Å². The van der Waals surface area contributed by atoms with E-state index in [1.807, 2.05) is 51.1 Å². The Kier molecular flexibility index (Phi) is 7.25. The summed E-state index contributed by atoms with van der Waals surface area (Å²) in [4.78, 5) is 32.0. The lowest BCUT2D eigenvalue weighted by molar-refractivity contribution is -0.118. The minimum absolute atomic E-state index is 0.0210. The molecule has 2 aromatic heterocycles. The van der Waals surface area contributed by atoms with Gasteiger partial charge in [-0.1, -0.05) is 55.1 Å². The van der Waals surface area contributed by atoms with Crippen molar-refractivity contribution in [3.63, 3.8) is 0 Å². The average molecular weight is 558 g/mol. The van der Waals surface area contributed by atoms with E-state index in [9.17, 15) is 14.9 Å². The third kappa shape index (κ3) is 5.44. The number of amides is 1. The third-order valence-corrected chi connectivity index (χ3v) is 8.66. The number of Topliss-reactive ketones (excluding diaryl/α,β-unsaturated/α-hetero) is 1. The van der Waals surface area contributed by atoms with Crippen LogP contribution < -0.4 is 16.0 Å². The zero-order chi connectivity index (χ0) is 27.7. The van der Waals surface area contributed by atoms with E-state index in [4.69, 9.17) is 5.73 Å². The number of carbonyl (C=O) groups is 2. The molecule has 1 aliphatic carbocycles. The van der Waals surface area contributed by atoms with E-state index in [-0.39, 0.29) is 34.3 Å². The molecule has 9 nitrogen and oxygen atoms in total. The molecule has 2 aliphatic rings. The number of aryl methyl sites for hydroxylation is 1. The summed E-state index contributed by atoms with van der Waals surface area (Å²) >= 11 is 2.53. The predicted octanol–water partition coefficient (Wildman–Crippen LogP) is 4.91. The van der Waals surface area contributed by atoms with E-state index < -0.39 is 5.92 Å². The van der Waals surface area contributed by atoms with Crippen LogP contribution in [0.4, 0.5) is 10.8 Å². The summed E-state index contributed by atoms with van der Waals surface area (Å²) in [5, 5.41) is 22.1. The maximum absolute atomic E-state index is 13.6. The first kappa shape index (κ1) is 26.6. The van der Waals surface area contributed by atoms with E-state index in [0.717, 1.165) is 22.5 Å². The third-order valence-electron chi connectivity index (χ3n) is 6.61. The maximum atomic E-state index is 13.6. The van der Waals surface area contributed by atoms with Crippen LogP contribution in [-0.2, 0) is 9.59 Å². The average Bonchev–Trinajstić information content (AvgIpc) is 3.35. The van der Waals surface area contributed by atoms with Crippen molar-refractivity contribution in [1.82, 2.24) is 15.2 Å². The number of aromatic nitrogens is 3. The molecule has 3 heterocycles. The molecule has 1 aliphatic heterocycles. The summed E-state index contributed by atoms with van der Waals surface area (Å²) in [6.07, 6.45) is 4.26. The molecule has 1 unspecified atom stereocenters. The van der Waals surface area contributed by atoms with Gasteiger partial charge in [-0.2, -0.15) is 5.26 Å². The fourth-order valence-corrected chi connectivity index (χ4v) is 6.69. The lowest BCUT2D eigenvalue weighted by atomic mass is 9.69. The van der Waals surface area contributed by atoms with Crippen LogP contribution in [0.1, 0.15) is 43.7 Å². The Morgan fingerprint density at radius 2 is 2.10 bits per heavy atom. The van der Waals surface area contributed by atoms with Crippen LogP contribution in [0.25, 0.3) is 0 Å². The first-order valence-electron chi connectivity index (χ1n) is 12.4. The van der Waals surface area contributed by atoms with Crippen molar-refractivity contribution in [1.29, 1.82) is 5.26 Å². The summed E-state index contributed by atoms with van der Waals surface area (Å²) in [5.74, 6) is -0.395. The van der Waals surface area contributed by atoms with Crippen molar-refractivity contribution in [2.75, 3.05) is 16.0 Å². The highest BCUT2D eigenvalue weighted by Gasteiger charge is 2.45. The van der Waals surface area contributed by atoms with Gasteiger partial charge in [0.15, 0.2) is 10.1 Å². The number of benzene rings is 1. The largest absolute Gasteiger partial charge is 0.384 e. The van der Waals surface area contributed by atoms with Gasteiger partial charge in [0.05, 0.1) is 23.3 Å². The number of nitrogens with zero attached hydrogens (tertiary/aromatic N) is 5. The van der Waals surface area contributed by atoms with Gasteiger partial charge in [0.25, 0.3) is 0 Å². The van der Waals surface area contributed by atoms with Crippen molar-refractivity contribution < 1.29 is 9.59 Å². The number of nitrogens with one attached hydrogen (secondary N) is 1. The number of allylic oxidation sites excluding steroid dienone is 3. The minimum Gasteiger partial charge on any atom is -0.384 e. The Hall–Kier alpha value is -4.01. The summed E-state index contributed by atoms with van der Waals surface area (Å²) < 4.78 is 0.577. The molecule has 0 saturated heterocycles. The number of rotatable bonds is 6. The van der Waals surface area contributed by atoms with E-state index in [1.54, 1.807) is 23.4 Å². The highest BCUT2D eigenvalue weighted by Crippen LogP contribution is 2.50. The number of thioether (sulfide) groups is 1. The van der Waals surface area contributed by atoms with Crippen molar-refractivity contribution in [2.45, 2.75) is 43.9 Å². The van der Waals surface area contributed by atoms with Crippen LogP contribution in [0.2, 0.25) is 0 Å². The van der Waals surface area contributed by atoms with Crippen LogP contribution in [0.3, 0.4) is 0 Å². The highest BCUT2D eigenvalue weighted by atomic mass is 32.2. The monoisotopic (exact) mass is 557 g/mol. The molecule has 1 amide bonds. The molecule has 1 aromatic carbocycles. The number of anilines is 2. The van der Waals surface area contributed by atoms with Crippen LogP contribution in [0, 0.1) is 23.7 Å². The van der Waals surface area contributed by atoms with Crippen LogP contribution in [0.5, 0.6) is 0 Å². The minimum atomic E-state index is -0.592. The van der Waals surface area contributed by atoms with Gasteiger partial charge in [-0.05, 0) is 48.1 Å². The second kappa shape index (κ2) is 10.6. The van der Waals surface area contributed by atoms with Gasteiger partial charge in [-0.3, -0.25) is 19.5 Å². The summed E-state index contributed by atoms with van der Waals surface area (Å²) in [7, 11) is 0. The number of hydrogen-bond acceptors (Lipinski definition) is 10. The molecular formula is C28H27N7O2S2. The quantitative estimate of drug-likeness (QED) is 0.405. The van der Waals surface area contributed by atoms with Crippen LogP contribution in [0.15, 0.2) is 75.8 Å². The number of hydrogen-bond donors (Lipinski definition) is 2. The second-order valence-electron chi connectivity index (χ2n) is 10.3. The molecule has 3 N–H and O–H groups in total. The lowest BCUT2D eigenvalue weighted by Gasteiger charge is -2.42. The molecule has 0 saturated carbocycles. The number of pyridine rings is 1. The Morgan fingerprint density at radius 3 is 2.82 bits per heavy atom. The number of nitriles is 1. The normalized spacial score (nSPS) is 18.6. The van der Waals surface area contributed by atoms with E-state index in [0.29, 0.717) is 27.9 Å². The molecule has 0 spiro atoms. The fourth-order valence-electron chi connectivity index (χ4n) is 5.01. The fraction of sp³-hybridized carbons (Fsp3) is 0.286. The van der Waals surface area contributed by atoms with Gasteiger partial charge in [-0.25, -0.2) is 0 Å². The van der Waals surface area contributed by atoms with Crippen molar-refractivity contribution >= 4 is 45.6 Å². The van der Waals surface area contributed by atoms with Crippen molar-refractivity contribution in [3.8, 4) is 6.07 Å². The van der Waals surface area contributed by atoms with Gasteiger partial charge in [0.1, 0.15) is 5.82 Å². The Bertz CT molecular complexity index is 1550. The molecule has 3 aromatic rings. The van der Waals surface area contributed by atoms with Gasteiger partial charge >= 0.3 is 0 Å². The summed E-state index contributed by atoms with van der Waals surface area (Å²) in [6.45, 7) is 6.05. The highest BCUT2D eigenvalue weighted by molar-refractivity contribution is 8.01. The smallest absolute Gasteiger partial charge is 0.234 e. The summed E-state index contributed by atoms with van der Waals surface area (Å²) in [5.41, 5.74) is 10.4. The summed E-state index contributed by atoms with van der Waals surface area (Å²) in [6, 6.07) is 13.5. The Morgan fingerprint density at radius 1 is 1.28 bits per heavy atom. The predicted molar refractivity (Wildman–Crippen MR) is 152 cm³/mol. The molecule has 39 heavy (non-hydrogen) atoms. The van der Waals surface area contributed by atoms with E-state index >= 15 is 0 Å². The number of carbonyl (C=O) groups excluding carboxylic acids is 2. The molecule has 5 rings (SSSR count). The zero-order valence-electron chi connectivity index (χ0n) is 21.8. The van der Waals surface area contributed by atoms with Gasteiger partial charge in [-0.15, -0.1) is 10.2 Å². The van der Waals surface area contributed by atoms with E-state index in [2.05, 4.69) is 26.6 Å². The second-order valence-corrected chi connectivity index (χ2v) is 12.5. The molecule has 11 heteroatoms. The Balaban J connectivity index is 1.45. The SMILES string of the molecule is Cc1cccc(NC(=O)CSc2nnc(N3C(N)=C(C#N)C(c4cccnc4)C4=C3CC(C)(C)CC4=O)s2)c1. The van der Waals surface area contributed by atoms with Gasteiger partial charge in [0.2, 0.25) is 11.0 Å². The molecule has 0 fully saturated rings. The van der Waals surface area contributed by atoms with Crippen LogP contribution in [-0.4, -0.2) is 32.6 Å². The van der Waals surface area contributed by atoms with Crippen molar-refractivity contribution in [3.05, 3.63) is 82.6 Å². The van der Waals surface area contributed by atoms with Crippen LogP contribution >= 0.6 is 23.1 Å². The topological polar surface area (TPSA) is 138 Å². The van der Waals surface area contributed by atoms with Crippen molar-refractivity contribution in [2.24, 2.45) is 11.1 Å². The number of nitrogens with two attached hydrogens (primary N) is 1. The molecule has 198 valence electrons. The molecular weight excluding hydrogens is 530 g/mol. The molecule has 0 radical (unpaired) electrons. The van der Waals surface area contributed by atoms with Gasteiger partial charge in [0, 0.05) is 35.8 Å². The zero-order valence-corrected chi connectivity index (χ0v) is 23.4. The molecule has 0 bridgehead atoms. The molecule has 1 atom stereocenters. The lowest BCUT2D eigenvalue weighted by Crippen LogP contribution is -2.42. The standard InChI is InChI=1S/C28H27N7O2S2/c1-16-6-4-8-18(10-16)32-22(37)15-38-27-34-33-26(39-27)35-20-11-28(2,3)12-21(36)24(20)23(19(13-29)25(35)30)17-7-5-9-31-14-17/h4-10,14,23H,11-12,15,30H2,1-3H3,(H,32,37). The maximum Gasteiger partial charge on any atom is 0.234 e. The first-order valence-corrected chi connectivity index (χ1v) is 14.2. The number of ketones is 1.